The smallest absolute Gasteiger partial charge is 0.0992 e. The van der Waals surface area contributed by atoms with Crippen LogP contribution in [0, 0.1) is 24.2 Å². The molecule has 1 fully saturated rings. The summed E-state index contributed by atoms with van der Waals surface area (Å²) >= 11 is 0. The second-order valence-corrected chi connectivity index (χ2v) is 4.84. The van der Waals surface area contributed by atoms with E-state index in [0.717, 1.165) is 24.6 Å². The average molecular weight is 214 g/mol. The highest BCUT2D eigenvalue weighted by Gasteiger charge is 2.16. The fraction of sp³-hybridized carbons (Fsp3) is 0.500. The molecule has 0 atom stereocenters. The van der Waals surface area contributed by atoms with Gasteiger partial charge in [-0.3, -0.25) is 0 Å². The van der Waals surface area contributed by atoms with Gasteiger partial charge in [-0.2, -0.15) is 5.26 Å². The zero-order valence-corrected chi connectivity index (χ0v) is 10.0. The highest BCUT2D eigenvalue weighted by Crippen LogP contribution is 2.24. The van der Waals surface area contributed by atoms with Gasteiger partial charge in [0.05, 0.1) is 11.6 Å². The van der Waals surface area contributed by atoms with Crippen molar-refractivity contribution in [3.8, 4) is 6.07 Å². The molecule has 2 heteroatoms. The number of hydrogen-bond acceptors (Lipinski definition) is 2. The van der Waals surface area contributed by atoms with Gasteiger partial charge >= 0.3 is 0 Å². The molecule has 1 heterocycles. The predicted molar refractivity (Wildman–Crippen MR) is 66.5 cm³/mol. The van der Waals surface area contributed by atoms with Crippen molar-refractivity contribution in [1.29, 1.82) is 5.26 Å². The van der Waals surface area contributed by atoms with E-state index < -0.39 is 0 Å². The molecule has 0 saturated carbocycles. The Hall–Kier alpha value is -1.49. The lowest BCUT2D eigenvalue weighted by molar-refractivity contribution is 0.438. The molecule has 0 radical (unpaired) electrons. The molecule has 2 rings (SSSR count). The van der Waals surface area contributed by atoms with Crippen LogP contribution in [0.3, 0.4) is 0 Å². The van der Waals surface area contributed by atoms with Crippen molar-refractivity contribution in [2.45, 2.75) is 26.7 Å². The first-order chi connectivity index (χ1) is 7.69. The molecule has 1 aliphatic rings. The van der Waals surface area contributed by atoms with Crippen molar-refractivity contribution in [3.05, 3.63) is 29.3 Å². The zero-order valence-electron chi connectivity index (χ0n) is 10.0. The Balaban J connectivity index is 2.20. The van der Waals surface area contributed by atoms with E-state index in [0.29, 0.717) is 0 Å². The van der Waals surface area contributed by atoms with Crippen LogP contribution in [0.1, 0.15) is 30.9 Å². The first kappa shape index (κ1) is 11.0. The van der Waals surface area contributed by atoms with E-state index in [1.54, 1.807) is 0 Å². The number of piperidine rings is 1. The highest BCUT2D eigenvalue weighted by atomic mass is 15.1. The van der Waals surface area contributed by atoms with Crippen molar-refractivity contribution in [2.24, 2.45) is 5.92 Å². The van der Waals surface area contributed by atoms with Crippen LogP contribution >= 0.6 is 0 Å². The number of nitriles is 1. The molecule has 0 bridgehead atoms. The lowest BCUT2D eigenvalue weighted by Gasteiger charge is -2.32. The van der Waals surface area contributed by atoms with E-state index in [1.807, 2.05) is 12.1 Å². The van der Waals surface area contributed by atoms with Gasteiger partial charge in [0.2, 0.25) is 0 Å². The topological polar surface area (TPSA) is 27.0 Å². The Morgan fingerprint density at radius 2 is 1.94 bits per heavy atom. The van der Waals surface area contributed by atoms with Crippen LogP contribution in [-0.4, -0.2) is 13.1 Å². The van der Waals surface area contributed by atoms with Gasteiger partial charge in [0.25, 0.3) is 0 Å². The lowest BCUT2D eigenvalue weighted by Crippen LogP contribution is -2.32. The second kappa shape index (κ2) is 4.57. The summed E-state index contributed by atoms with van der Waals surface area (Å²) in [6.07, 6.45) is 2.52. The first-order valence-corrected chi connectivity index (χ1v) is 5.96. The Labute approximate surface area is 97.5 Å². The SMILES string of the molecule is Cc1cc(C#N)cc(N2CCC(C)CC2)c1. The van der Waals surface area contributed by atoms with Crippen LogP contribution in [0.4, 0.5) is 5.69 Å². The Kier molecular flexibility index (Phi) is 3.14. The number of anilines is 1. The summed E-state index contributed by atoms with van der Waals surface area (Å²) in [7, 11) is 0. The van der Waals surface area contributed by atoms with Gasteiger partial charge < -0.3 is 4.90 Å². The van der Waals surface area contributed by atoms with Crippen LogP contribution in [0.25, 0.3) is 0 Å². The van der Waals surface area contributed by atoms with E-state index in [4.69, 9.17) is 5.26 Å². The Morgan fingerprint density at radius 1 is 1.25 bits per heavy atom. The van der Waals surface area contributed by atoms with Crippen molar-refractivity contribution in [1.82, 2.24) is 0 Å². The van der Waals surface area contributed by atoms with Gasteiger partial charge in [0.15, 0.2) is 0 Å². The summed E-state index contributed by atoms with van der Waals surface area (Å²) in [6, 6.07) is 8.35. The molecule has 0 amide bonds. The summed E-state index contributed by atoms with van der Waals surface area (Å²) in [5.74, 6) is 0.844. The van der Waals surface area contributed by atoms with E-state index in [9.17, 15) is 0 Å². The van der Waals surface area contributed by atoms with Crippen molar-refractivity contribution < 1.29 is 0 Å². The fourth-order valence-corrected chi connectivity index (χ4v) is 2.28. The van der Waals surface area contributed by atoms with Crippen LogP contribution in [0.5, 0.6) is 0 Å². The molecule has 1 aromatic carbocycles. The van der Waals surface area contributed by atoms with Gasteiger partial charge in [0, 0.05) is 18.8 Å². The maximum atomic E-state index is 8.96. The number of rotatable bonds is 1. The monoisotopic (exact) mass is 214 g/mol. The molecule has 0 aromatic heterocycles. The van der Waals surface area contributed by atoms with Gasteiger partial charge in [0.1, 0.15) is 0 Å². The minimum Gasteiger partial charge on any atom is -0.371 e. The lowest BCUT2D eigenvalue weighted by atomic mass is 9.98. The van der Waals surface area contributed by atoms with Crippen molar-refractivity contribution >= 4 is 5.69 Å². The number of benzene rings is 1. The molecule has 84 valence electrons. The fourth-order valence-electron chi connectivity index (χ4n) is 2.28. The van der Waals surface area contributed by atoms with Crippen molar-refractivity contribution in [2.75, 3.05) is 18.0 Å². The van der Waals surface area contributed by atoms with Crippen LogP contribution in [0.2, 0.25) is 0 Å². The number of nitrogens with zero attached hydrogens (tertiary/aromatic N) is 2. The molecule has 0 unspecified atom stereocenters. The van der Waals surface area contributed by atoms with E-state index >= 15 is 0 Å². The number of hydrogen-bond donors (Lipinski definition) is 0. The minimum atomic E-state index is 0.772. The predicted octanol–water partition coefficient (Wildman–Crippen LogP) is 3.10. The highest BCUT2D eigenvalue weighted by molar-refractivity contribution is 5.54. The molecule has 2 nitrogen and oxygen atoms in total. The summed E-state index contributed by atoms with van der Waals surface area (Å²) in [5.41, 5.74) is 3.16. The second-order valence-electron chi connectivity index (χ2n) is 4.84. The third kappa shape index (κ3) is 2.36. The molecule has 0 aliphatic carbocycles. The molecule has 1 aromatic rings. The molecule has 0 N–H and O–H groups in total. The molecule has 1 saturated heterocycles. The van der Waals surface area contributed by atoms with E-state index in [1.165, 1.54) is 24.1 Å². The summed E-state index contributed by atoms with van der Waals surface area (Å²) in [4.78, 5) is 2.40. The normalized spacial score (nSPS) is 17.2. The Bertz CT molecular complexity index is 409. The summed E-state index contributed by atoms with van der Waals surface area (Å²) in [5, 5.41) is 8.96. The molecular weight excluding hydrogens is 196 g/mol. The van der Waals surface area contributed by atoms with Crippen LogP contribution < -0.4 is 4.90 Å². The molecular formula is C14H18N2. The van der Waals surface area contributed by atoms with Gasteiger partial charge in [-0.15, -0.1) is 0 Å². The quantitative estimate of drug-likeness (QED) is 0.718. The van der Waals surface area contributed by atoms with Gasteiger partial charge in [-0.1, -0.05) is 6.92 Å². The number of aryl methyl sites for hydroxylation is 1. The zero-order chi connectivity index (χ0) is 11.5. The summed E-state index contributed by atoms with van der Waals surface area (Å²) < 4.78 is 0. The third-order valence-corrected chi connectivity index (χ3v) is 3.34. The van der Waals surface area contributed by atoms with E-state index in [2.05, 4.69) is 30.9 Å². The average Bonchev–Trinajstić information content (AvgIpc) is 2.29. The molecule has 1 aliphatic heterocycles. The van der Waals surface area contributed by atoms with Gasteiger partial charge in [-0.25, -0.2) is 0 Å². The van der Waals surface area contributed by atoms with Gasteiger partial charge in [-0.05, 0) is 49.4 Å². The maximum absolute atomic E-state index is 8.96. The van der Waals surface area contributed by atoms with Crippen LogP contribution in [-0.2, 0) is 0 Å². The molecule has 16 heavy (non-hydrogen) atoms. The van der Waals surface area contributed by atoms with E-state index in [-0.39, 0.29) is 0 Å². The standard InChI is InChI=1S/C14H18N2/c1-11-3-5-16(6-4-11)14-8-12(2)7-13(9-14)10-15/h7-9,11H,3-6H2,1-2H3. The Morgan fingerprint density at radius 3 is 2.56 bits per heavy atom. The third-order valence-electron chi connectivity index (χ3n) is 3.34. The van der Waals surface area contributed by atoms with Crippen molar-refractivity contribution in [3.63, 3.8) is 0 Å². The first-order valence-electron chi connectivity index (χ1n) is 5.96. The molecule has 0 spiro atoms. The largest absolute Gasteiger partial charge is 0.371 e. The summed E-state index contributed by atoms with van der Waals surface area (Å²) in [6.45, 7) is 6.61. The maximum Gasteiger partial charge on any atom is 0.0992 e. The van der Waals surface area contributed by atoms with Crippen LogP contribution in [0.15, 0.2) is 18.2 Å². The minimum absolute atomic E-state index is 0.772.